The molecule has 0 atom stereocenters. The van der Waals surface area contributed by atoms with Gasteiger partial charge in [0.2, 0.25) is 5.91 Å². The fourth-order valence-electron chi connectivity index (χ4n) is 4.03. The van der Waals surface area contributed by atoms with E-state index in [1.807, 2.05) is 17.5 Å². The third-order valence-corrected chi connectivity index (χ3v) is 6.30. The van der Waals surface area contributed by atoms with E-state index in [2.05, 4.69) is 34.7 Å². The van der Waals surface area contributed by atoms with E-state index in [4.69, 9.17) is 0 Å². The van der Waals surface area contributed by atoms with E-state index in [1.54, 1.807) is 0 Å². The van der Waals surface area contributed by atoms with Gasteiger partial charge in [-0.1, -0.05) is 50.5 Å². The zero-order valence-corrected chi connectivity index (χ0v) is 17.2. The molecule has 152 valence electrons. The molecule has 2 aliphatic rings. The van der Waals surface area contributed by atoms with Crippen molar-refractivity contribution in [3.05, 3.63) is 35.2 Å². The van der Waals surface area contributed by atoms with Crippen molar-refractivity contribution in [1.29, 1.82) is 0 Å². The van der Waals surface area contributed by atoms with Crippen molar-refractivity contribution >= 4 is 34.3 Å². The van der Waals surface area contributed by atoms with Crippen molar-refractivity contribution in [3.63, 3.8) is 0 Å². The first-order valence-electron chi connectivity index (χ1n) is 9.99. The molecule has 7 nitrogen and oxygen atoms in total. The molecule has 2 fully saturated rings. The van der Waals surface area contributed by atoms with Crippen LogP contribution in [-0.2, 0) is 16.0 Å². The average Bonchev–Trinajstić information content (AvgIpc) is 3.41. The molecule has 29 heavy (non-hydrogen) atoms. The number of nitrogens with one attached hydrogen (secondary N) is 2. The number of thiazole rings is 1. The van der Waals surface area contributed by atoms with Gasteiger partial charge in [-0.2, -0.15) is 0 Å². The lowest BCUT2D eigenvalue weighted by Gasteiger charge is -2.19. The Hall–Kier alpha value is -2.74. The summed E-state index contributed by atoms with van der Waals surface area (Å²) in [4.78, 5) is 42.7. The van der Waals surface area contributed by atoms with Crippen LogP contribution in [0.4, 0.5) is 9.93 Å². The third-order valence-electron chi connectivity index (χ3n) is 5.54. The van der Waals surface area contributed by atoms with Gasteiger partial charge in [0, 0.05) is 10.9 Å². The number of urea groups is 1. The number of anilines is 1. The summed E-state index contributed by atoms with van der Waals surface area (Å²) in [7, 11) is 0. The van der Waals surface area contributed by atoms with E-state index in [0.29, 0.717) is 18.0 Å². The Bertz CT molecular complexity index is 932. The number of benzene rings is 1. The number of carbonyl (C=O) groups excluding carboxylic acids is 3. The van der Waals surface area contributed by atoms with Crippen LogP contribution in [0.3, 0.4) is 0 Å². The molecule has 2 heterocycles. The maximum atomic E-state index is 12.6. The molecule has 1 saturated carbocycles. The van der Waals surface area contributed by atoms with Crippen molar-refractivity contribution in [2.24, 2.45) is 0 Å². The third kappa shape index (κ3) is 3.89. The Kier molecular flexibility index (Phi) is 5.36. The number of hydrogen-bond acceptors (Lipinski definition) is 5. The molecule has 0 radical (unpaired) electrons. The van der Waals surface area contributed by atoms with E-state index in [-0.39, 0.29) is 12.5 Å². The van der Waals surface area contributed by atoms with Crippen LogP contribution in [0.2, 0.25) is 0 Å². The zero-order valence-electron chi connectivity index (χ0n) is 16.4. The van der Waals surface area contributed by atoms with E-state index >= 15 is 0 Å². The zero-order chi connectivity index (χ0) is 20.4. The highest BCUT2D eigenvalue weighted by Gasteiger charge is 2.52. The lowest BCUT2D eigenvalue weighted by Crippen LogP contribution is -2.44. The summed E-state index contributed by atoms with van der Waals surface area (Å²) in [5.41, 5.74) is 2.26. The summed E-state index contributed by atoms with van der Waals surface area (Å²) in [6.07, 6.45) is 5.25. The number of imide groups is 1. The Labute approximate surface area is 173 Å². The summed E-state index contributed by atoms with van der Waals surface area (Å²) >= 11 is 1.32. The minimum atomic E-state index is -0.796. The summed E-state index contributed by atoms with van der Waals surface area (Å²) in [5.74, 6) is -0.718. The molecule has 8 heteroatoms. The molecule has 1 aliphatic heterocycles. The van der Waals surface area contributed by atoms with Crippen LogP contribution in [-0.4, -0.2) is 39.8 Å². The number of nitrogens with zero attached hydrogens (tertiary/aromatic N) is 2. The van der Waals surface area contributed by atoms with Crippen molar-refractivity contribution < 1.29 is 14.4 Å². The van der Waals surface area contributed by atoms with Crippen LogP contribution in [0.25, 0.3) is 11.3 Å². The van der Waals surface area contributed by atoms with Gasteiger partial charge in [-0.15, -0.1) is 11.3 Å². The largest absolute Gasteiger partial charge is 0.325 e. The van der Waals surface area contributed by atoms with Crippen molar-refractivity contribution in [3.8, 4) is 11.3 Å². The summed E-state index contributed by atoms with van der Waals surface area (Å²) < 4.78 is 0. The highest BCUT2D eigenvalue weighted by molar-refractivity contribution is 7.14. The second kappa shape index (κ2) is 7.94. The molecule has 1 aliphatic carbocycles. The van der Waals surface area contributed by atoms with Crippen LogP contribution < -0.4 is 10.6 Å². The predicted molar refractivity (Wildman–Crippen MR) is 112 cm³/mol. The molecule has 1 aromatic carbocycles. The van der Waals surface area contributed by atoms with Gasteiger partial charge in [0.15, 0.2) is 5.13 Å². The standard InChI is InChI=1S/C21H24N4O3S/c1-2-5-14-6-8-15(9-7-14)16-13-29-19(22-16)23-17(26)12-25-18(27)21(24-20(25)28)10-3-4-11-21/h6-9,13H,2-5,10-12H2,1H3,(H,24,28)(H,22,23,26). The molecule has 4 amide bonds. The van der Waals surface area contributed by atoms with E-state index in [0.717, 1.165) is 41.8 Å². The predicted octanol–water partition coefficient (Wildman–Crippen LogP) is 3.57. The number of rotatable bonds is 6. The van der Waals surface area contributed by atoms with Crippen LogP contribution >= 0.6 is 11.3 Å². The Morgan fingerprint density at radius 1 is 1.24 bits per heavy atom. The number of amides is 4. The monoisotopic (exact) mass is 412 g/mol. The normalized spacial score (nSPS) is 17.8. The molecule has 2 N–H and O–H groups in total. The van der Waals surface area contributed by atoms with Gasteiger partial charge in [-0.05, 0) is 24.8 Å². The Balaban J connectivity index is 1.38. The summed E-state index contributed by atoms with van der Waals surface area (Å²) in [6.45, 7) is 1.85. The molecular weight excluding hydrogens is 388 g/mol. The summed E-state index contributed by atoms with van der Waals surface area (Å²) in [5, 5.41) is 7.82. The van der Waals surface area contributed by atoms with Gasteiger partial charge in [0.25, 0.3) is 5.91 Å². The van der Waals surface area contributed by atoms with Gasteiger partial charge in [-0.3, -0.25) is 14.5 Å². The lowest BCUT2D eigenvalue weighted by molar-refractivity contribution is -0.133. The smallest absolute Gasteiger partial charge is 0.323 e. The topological polar surface area (TPSA) is 91.4 Å². The molecule has 4 rings (SSSR count). The minimum absolute atomic E-state index is 0.290. The second-order valence-corrected chi connectivity index (χ2v) is 8.50. The van der Waals surface area contributed by atoms with Gasteiger partial charge in [0.05, 0.1) is 5.69 Å². The maximum Gasteiger partial charge on any atom is 0.325 e. The first-order valence-corrected chi connectivity index (χ1v) is 10.9. The highest BCUT2D eigenvalue weighted by Crippen LogP contribution is 2.35. The second-order valence-electron chi connectivity index (χ2n) is 7.64. The quantitative estimate of drug-likeness (QED) is 0.710. The lowest BCUT2D eigenvalue weighted by atomic mass is 9.98. The van der Waals surface area contributed by atoms with Gasteiger partial charge < -0.3 is 10.6 Å². The number of hydrogen-bond donors (Lipinski definition) is 2. The minimum Gasteiger partial charge on any atom is -0.323 e. The van der Waals surface area contributed by atoms with E-state index in [9.17, 15) is 14.4 Å². The van der Waals surface area contributed by atoms with Gasteiger partial charge >= 0.3 is 6.03 Å². The first-order chi connectivity index (χ1) is 14.0. The molecule has 1 spiro atoms. The van der Waals surface area contributed by atoms with Crippen molar-refractivity contribution in [2.45, 2.75) is 51.0 Å². The van der Waals surface area contributed by atoms with Crippen molar-refractivity contribution in [1.82, 2.24) is 15.2 Å². The molecular formula is C21H24N4O3S. The van der Waals surface area contributed by atoms with Crippen molar-refractivity contribution in [2.75, 3.05) is 11.9 Å². The van der Waals surface area contributed by atoms with Crippen LogP contribution in [0.5, 0.6) is 0 Å². The van der Waals surface area contributed by atoms with Crippen LogP contribution in [0.1, 0.15) is 44.6 Å². The maximum absolute atomic E-state index is 12.6. The number of aromatic nitrogens is 1. The van der Waals surface area contributed by atoms with Gasteiger partial charge in [-0.25, -0.2) is 9.78 Å². The first kappa shape index (κ1) is 19.6. The van der Waals surface area contributed by atoms with Crippen LogP contribution in [0, 0.1) is 0 Å². The number of carbonyl (C=O) groups is 3. The van der Waals surface area contributed by atoms with Crippen LogP contribution in [0.15, 0.2) is 29.6 Å². The SMILES string of the molecule is CCCc1ccc(-c2csc(NC(=O)CN3C(=O)NC4(CCCC4)C3=O)n2)cc1. The molecule has 1 saturated heterocycles. The molecule has 1 aromatic heterocycles. The molecule has 0 unspecified atom stereocenters. The fraction of sp³-hybridized carbons (Fsp3) is 0.429. The Morgan fingerprint density at radius 2 is 1.97 bits per heavy atom. The fourth-order valence-corrected chi connectivity index (χ4v) is 4.77. The average molecular weight is 413 g/mol. The van der Waals surface area contributed by atoms with E-state index in [1.165, 1.54) is 16.9 Å². The summed E-state index contributed by atoms with van der Waals surface area (Å²) in [6, 6.07) is 7.75. The van der Waals surface area contributed by atoms with Gasteiger partial charge in [0.1, 0.15) is 12.1 Å². The Morgan fingerprint density at radius 3 is 2.66 bits per heavy atom. The highest BCUT2D eigenvalue weighted by atomic mass is 32.1. The van der Waals surface area contributed by atoms with E-state index < -0.39 is 17.5 Å². The molecule has 2 aromatic rings. The number of aryl methyl sites for hydroxylation is 1. The molecule has 0 bridgehead atoms.